The molecule has 0 saturated heterocycles. The van der Waals surface area contributed by atoms with E-state index in [1.165, 1.54) is 18.7 Å². The number of aromatic amines is 1. The summed E-state index contributed by atoms with van der Waals surface area (Å²) in [5.41, 5.74) is 1.61. The number of H-pyrrole nitrogens is 1. The molecule has 2 heterocycles. The lowest BCUT2D eigenvalue weighted by Gasteiger charge is -1.99. The number of carbonyl (C=O) groups is 3. The van der Waals surface area contributed by atoms with Crippen LogP contribution in [0.25, 0.3) is 11.0 Å². The number of benzene rings is 1. The van der Waals surface area contributed by atoms with E-state index in [0.29, 0.717) is 14.6 Å². The van der Waals surface area contributed by atoms with E-state index in [-0.39, 0.29) is 17.4 Å². The zero-order valence-electron chi connectivity index (χ0n) is 15.3. The predicted octanol–water partition coefficient (Wildman–Crippen LogP) is 1.91. The summed E-state index contributed by atoms with van der Waals surface area (Å²) >= 11 is 3.54. The van der Waals surface area contributed by atoms with Crippen LogP contribution in [0.2, 0.25) is 0 Å². The SMILES string of the molecule is COc1ccc2nc(SCC(=O)Nc3nnc(SCC(=O)NC(C)=O)s3)[nH]c2c1. The van der Waals surface area contributed by atoms with Gasteiger partial charge in [0.1, 0.15) is 5.75 Å². The first-order valence-corrected chi connectivity index (χ1v) is 10.9. The topological polar surface area (TPSA) is 139 Å². The van der Waals surface area contributed by atoms with Gasteiger partial charge in [-0.25, -0.2) is 4.98 Å². The minimum absolute atomic E-state index is 0.0366. The van der Waals surface area contributed by atoms with Crippen molar-refractivity contribution >= 4 is 68.7 Å². The smallest absolute Gasteiger partial charge is 0.236 e. The average Bonchev–Trinajstić information content (AvgIpc) is 3.29. The highest BCUT2D eigenvalue weighted by atomic mass is 32.2. The van der Waals surface area contributed by atoms with Gasteiger partial charge in [-0.15, -0.1) is 10.2 Å². The van der Waals surface area contributed by atoms with Crippen LogP contribution in [0, 0.1) is 0 Å². The second-order valence-corrected chi connectivity index (χ2v) is 8.69. The minimum Gasteiger partial charge on any atom is -0.497 e. The molecule has 3 N–H and O–H groups in total. The van der Waals surface area contributed by atoms with Gasteiger partial charge in [-0.2, -0.15) is 0 Å². The molecule has 1 aromatic carbocycles. The third-order valence-electron chi connectivity index (χ3n) is 3.30. The fraction of sp³-hybridized carbons (Fsp3) is 0.250. The fourth-order valence-electron chi connectivity index (χ4n) is 2.13. The molecule has 152 valence electrons. The number of anilines is 1. The number of thioether (sulfide) groups is 2. The van der Waals surface area contributed by atoms with Crippen molar-refractivity contribution in [1.29, 1.82) is 0 Å². The van der Waals surface area contributed by atoms with Crippen LogP contribution >= 0.6 is 34.9 Å². The molecule has 0 fully saturated rings. The molecular formula is C16H16N6O4S3. The summed E-state index contributed by atoms with van der Waals surface area (Å²) in [5.74, 6) is -0.186. The average molecular weight is 453 g/mol. The lowest BCUT2D eigenvalue weighted by atomic mass is 10.3. The Bertz CT molecular complexity index is 1050. The molecule has 3 aromatic rings. The van der Waals surface area contributed by atoms with Gasteiger partial charge in [-0.3, -0.25) is 25.0 Å². The quantitative estimate of drug-likeness (QED) is 0.345. The third kappa shape index (κ3) is 6.17. The Kier molecular flexibility index (Phi) is 7.06. The summed E-state index contributed by atoms with van der Waals surface area (Å²) in [6.45, 7) is 1.27. The second-order valence-electron chi connectivity index (χ2n) is 5.53. The van der Waals surface area contributed by atoms with E-state index in [1.54, 1.807) is 7.11 Å². The zero-order valence-corrected chi connectivity index (χ0v) is 17.8. The molecule has 0 bridgehead atoms. The van der Waals surface area contributed by atoms with E-state index in [9.17, 15) is 14.4 Å². The van der Waals surface area contributed by atoms with Crippen molar-refractivity contribution in [3.05, 3.63) is 18.2 Å². The molecule has 0 aliphatic carbocycles. The lowest BCUT2D eigenvalue weighted by Crippen LogP contribution is -2.29. The van der Waals surface area contributed by atoms with Crippen molar-refractivity contribution in [2.75, 3.05) is 23.9 Å². The molecule has 29 heavy (non-hydrogen) atoms. The summed E-state index contributed by atoms with van der Waals surface area (Å²) in [7, 11) is 1.59. The molecule has 3 amide bonds. The largest absolute Gasteiger partial charge is 0.497 e. The maximum Gasteiger partial charge on any atom is 0.236 e. The molecule has 13 heteroatoms. The first-order chi connectivity index (χ1) is 13.9. The molecular weight excluding hydrogens is 436 g/mol. The van der Waals surface area contributed by atoms with Crippen molar-refractivity contribution in [3.8, 4) is 5.75 Å². The van der Waals surface area contributed by atoms with Crippen molar-refractivity contribution in [2.24, 2.45) is 0 Å². The summed E-state index contributed by atoms with van der Waals surface area (Å²) < 4.78 is 5.69. The van der Waals surface area contributed by atoms with Gasteiger partial charge >= 0.3 is 0 Å². The van der Waals surface area contributed by atoms with E-state index in [4.69, 9.17) is 4.74 Å². The van der Waals surface area contributed by atoms with Crippen molar-refractivity contribution in [3.63, 3.8) is 0 Å². The van der Waals surface area contributed by atoms with E-state index in [0.717, 1.165) is 39.9 Å². The van der Waals surface area contributed by atoms with Crippen LogP contribution in [0.4, 0.5) is 5.13 Å². The Balaban J connectivity index is 1.48. The normalized spacial score (nSPS) is 10.7. The maximum absolute atomic E-state index is 12.1. The number of rotatable bonds is 8. The Hall–Kier alpha value is -2.64. The number of aromatic nitrogens is 4. The first kappa shape index (κ1) is 21.1. The summed E-state index contributed by atoms with van der Waals surface area (Å²) in [6.07, 6.45) is 0. The fourth-order valence-corrected chi connectivity index (χ4v) is 4.38. The Morgan fingerprint density at radius 1 is 1.17 bits per heavy atom. The number of amides is 3. The summed E-state index contributed by atoms with van der Waals surface area (Å²) in [5, 5.41) is 13.6. The molecule has 0 atom stereocenters. The number of imidazole rings is 1. The molecule has 0 radical (unpaired) electrons. The molecule has 0 aliphatic rings. The number of ether oxygens (including phenoxy) is 1. The Labute approximate surface area is 177 Å². The third-order valence-corrected chi connectivity index (χ3v) is 6.15. The second kappa shape index (κ2) is 9.71. The van der Waals surface area contributed by atoms with Crippen LogP contribution in [0.3, 0.4) is 0 Å². The highest BCUT2D eigenvalue weighted by molar-refractivity contribution is 8.01. The number of hydrogen-bond donors (Lipinski definition) is 3. The highest BCUT2D eigenvalue weighted by Gasteiger charge is 2.12. The number of nitrogens with one attached hydrogen (secondary N) is 3. The molecule has 0 aliphatic heterocycles. The molecule has 0 spiro atoms. The van der Waals surface area contributed by atoms with Crippen LogP contribution in [0.5, 0.6) is 5.75 Å². The highest BCUT2D eigenvalue weighted by Crippen LogP contribution is 2.26. The Morgan fingerprint density at radius 2 is 1.97 bits per heavy atom. The van der Waals surface area contributed by atoms with Crippen LogP contribution in [-0.4, -0.2) is 56.5 Å². The number of methoxy groups -OCH3 is 1. The van der Waals surface area contributed by atoms with Crippen molar-refractivity contribution in [1.82, 2.24) is 25.5 Å². The lowest BCUT2D eigenvalue weighted by molar-refractivity contribution is -0.127. The standard InChI is InChI=1S/C16H16N6O4S3/c1-8(23)17-12(24)7-28-16-22-21-15(29-16)20-13(25)6-27-14-18-10-4-3-9(26-2)5-11(10)19-14/h3-5H,6-7H2,1-2H3,(H,18,19)(H,17,23,24)(H,20,21,25). The first-order valence-electron chi connectivity index (χ1n) is 8.16. The minimum atomic E-state index is -0.415. The van der Waals surface area contributed by atoms with Gasteiger partial charge in [0.2, 0.25) is 22.9 Å². The van der Waals surface area contributed by atoms with Gasteiger partial charge in [-0.1, -0.05) is 34.9 Å². The van der Waals surface area contributed by atoms with Gasteiger partial charge in [0.15, 0.2) is 9.50 Å². The molecule has 0 unspecified atom stereocenters. The number of hydrogen-bond acceptors (Lipinski definition) is 10. The summed E-state index contributed by atoms with van der Waals surface area (Å²) in [4.78, 5) is 41.9. The van der Waals surface area contributed by atoms with Crippen LogP contribution in [0.1, 0.15) is 6.92 Å². The van der Waals surface area contributed by atoms with E-state index >= 15 is 0 Å². The van der Waals surface area contributed by atoms with Crippen molar-refractivity contribution in [2.45, 2.75) is 16.4 Å². The number of carbonyl (C=O) groups excluding carboxylic acids is 3. The van der Waals surface area contributed by atoms with Gasteiger partial charge in [-0.05, 0) is 12.1 Å². The molecule has 3 rings (SSSR count). The van der Waals surface area contributed by atoms with Gasteiger partial charge < -0.3 is 9.72 Å². The molecule has 0 saturated carbocycles. The van der Waals surface area contributed by atoms with Crippen LogP contribution in [0.15, 0.2) is 27.7 Å². The van der Waals surface area contributed by atoms with Gasteiger partial charge in [0.25, 0.3) is 0 Å². The van der Waals surface area contributed by atoms with Gasteiger partial charge in [0, 0.05) is 13.0 Å². The number of imide groups is 1. The van der Waals surface area contributed by atoms with Crippen molar-refractivity contribution < 1.29 is 19.1 Å². The maximum atomic E-state index is 12.1. The molecule has 2 aromatic heterocycles. The predicted molar refractivity (Wildman–Crippen MR) is 111 cm³/mol. The van der Waals surface area contributed by atoms with Gasteiger partial charge in [0.05, 0.1) is 29.6 Å². The van der Waals surface area contributed by atoms with E-state index in [2.05, 4.69) is 30.8 Å². The monoisotopic (exact) mass is 452 g/mol. The van der Waals surface area contributed by atoms with E-state index < -0.39 is 11.8 Å². The zero-order chi connectivity index (χ0) is 20.8. The number of nitrogens with zero attached hydrogens (tertiary/aromatic N) is 3. The van der Waals surface area contributed by atoms with E-state index in [1.807, 2.05) is 18.2 Å². The molecule has 10 nitrogen and oxygen atoms in total. The Morgan fingerprint density at radius 3 is 2.72 bits per heavy atom. The van der Waals surface area contributed by atoms with Crippen LogP contribution < -0.4 is 15.4 Å². The summed E-state index contributed by atoms with van der Waals surface area (Å²) in [6, 6.07) is 5.49. The number of fused-ring (bicyclic) bond motifs is 1. The van der Waals surface area contributed by atoms with Crippen LogP contribution in [-0.2, 0) is 14.4 Å².